The molecule has 4 rings (SSSR count). The molecule has 0 aliphatic rings. The van der Waals surface area contributed by atoms with Crippen molar-refractivity contribution in [3.05, 3.63) is 72.2 Å². The molecule has 0 fully saturated rings. The molecule has 0 spiro atoms. The van der Waals surface area contributed by atoms with Gasteiger partial charge in [-0.2, -0.15) is 4.98 Å². The van der Waals surface area contributed by atoms with Gasteiger partial charge < -0.3 is 14.4 Å². The van der Waals surface area contributed by atoms with E-state index in [-0.39, 0.29) is 11.6 Å². The van der Waals surface area contributed by atoms with E-state index >= 15 is 0 Å². The second-order valence-corrected chi connectivity index (χ2v) is 5.61. The van der Waals surface area contributed by atoms with Crippen LogP contribution in [0.15, 0.2) is 69.7 Å². The van der Waals surface area contributed by atoms with Crippen LogP contribution < -0.4 is 5.32 Å². The molecule has 0 aliphatic heterocycles. The van der Waals surface area contributed by atoms with Crippen LogP contribution in [-0.2, 0) is 0 Å². The van der Waals surface area contributed by atoms with Gasteiger partial charge in [0.15, 0.2) is 11.5 Å². The molecule has 7 nitrogen and oxygen atoms in total. The minimum absolute atomic E-state index is 0.199. The summed E-state index contributed by atoms with van der Waals surface area (Å²) in [7, 11) is 0. The van der Waals surface area contributed by atoms with Crippen molar-refractivity contribution in [3.8, 4) is 22.7 Å². The van der Waals surface area contributed by atoms with Crippen LogP contribution in [0.25, 0.3) is 22.7 Å². The van der Waals surface area contributed by atoms with E-state index in [1.54, 1.807) is 31.2 Å². The summed E-state index contributed by atoms with van der Waals surface area (Å²) in [6.07, 6.45) is 0. The van der Waals surface area contributed by atoms with Crippen molar-refractivity contribution < 1.29 is 13.8 Å². The van der Waals surface area contributed by atoms with Crippen LogP contribution >= 0.6 is 0 Å². The fraction of sp³-hybridized carbons (Fsp3) is 0.0526. The van der Waals surface area contributed by atoms with Crippen molar-refractivity contribution >= 4 is 11.6 Å². The van der Waals surface area contributed by atoms with Gasteiger partial charge in [0.1, 0.15) is 0 Å². The first kappa shape index (κ1) is 15.8. The summed E-state index contributed by atoms with van der Waals surface area (Å²) in [5.74, 6) is 1.11. The van der Waals surface area contributed by atoms with E-state index in [9.17, 15) is 4.79 Å². The Morgan fingerprint density at radius 1 is 0.923 bits per heavy atom. The van der Waals surface area contributed by atoms with Crippen LogP contribution in [0.5, 0.6) is 0 Å². The van der Waals surface area contributed by atoms with Gasteiger partial charge in [-0.15, -0.1) is 0 Å². The fourth-order valence-corrected chi connectivity index (χ4v) is 2.47. The third-order valence-corrected chi connectivity index (χ3v) is 3.71. The lowest BCUT2D eigenvalue weighted by molar-refractivity contribution is 0.101. The van der Waals surface area contributed by atoms with Gasteiger partial charge in [-0.1, -0.05) is 52.8 Å². The average molecular weight is 346 g/mol. The van der Waals surface area contributed by atoms with Gasteiger partial charge in [-0.05, 0) is 12.1 Å². The monoisotopic (exact) mass is 346 g/mol. The molecular weight excluding hydrogens is 332 g/mol. The van der Waals surface area contributed by atoms with Crippen molar-refractivity contribution in [1.29, 1.82) is 0 Å². The number of nitrogens with zero attached hydrogens (tertiary/aromatic N) is 3. The summed E-state index contributed by atoms with van der Waals surface area (Å²) in [5.41, 5.74) is 2.39. The number of aryl methyl sites for hydroxylation is 1. The molecule has 26 heavy (non-hydrogen) atoms. The van der Waals surface area contributed by atoms with E-state index in [1.165, 1.54) is 0 Å². The highest BCUT2D eigenvalue weighted by molar-refractivity contribution is 6.03. The Balaban J connectivity index is 1.53. The standard InChI is InChI=1S/C19H14N4O3/c1-12-20-18(23-25-12)14-8-5-9-15(10-14)21-19(24)16-11-17(26-22-16)13-6-3-2-4-7-13/h2-11H,1H3,(H,21,24). The molecule has 128 valence electrons. The summed E-state index contributed by atoms with van der Waals surface area (Å²) >= 11 is 0. The van der Waals surface area contributed by atoms with Gasteiger partial charge in [-0.3, -0.25) is 4.79 Å². The Bertz CT molecular complexity index is 1050. The van der Waals surface area contributed by atoms with Crippen LogP contribution in [0.3, 0.4) is 0 Å². The predicted molar refractivity (Wildman–Crippen MR) is 94.4 cm³/mol. The number of hydrogen-bond acceptors (Lipinski definition) is 6. The number of aromatic nitrogens is 3. The molecule has 2 aromatic carbocycles. The molecular formula is C19H14N4O3. The van der Waals surface area contributed by atoms with Gasteiger partial charge in [0.2, 0.25) is 11.7 Å². The zero-order chi connectivity index (χ0) is 17.9. The second kappa shape index (κ2) is 6.64. The van der Waals surface area contributed by atoms with Crippen LogP contribution in [-0.4, -0.2) is 21.2 Å². The maximum atomic E-state index is 12.4. The summed E-state index contributed by atoms with van der Waals surface area (Å²) in [6.45, 7) is 1.72. The molecule has 0 atom stereocenters. The highest BCUT2D eigenvalue weighted by Crippen LogP contribution is 2.22. The third kappa shape index (κ3) is 3.23. The van der Waals surface area contributed by atoms with Crippen molar-refractivity contribution in [2.45, 2.75) is 6.92 Å². The third-order valence-electron chi connectivity index (χ3n) is 3.71. The fourth-order valence-electron chi connectivity index (χ4n) is 2.47. The highest BCUT2D eigenvalue weighted by atomic mass is 16.5. The number of hydrogen-bond donors (Lipinski definition) is 1. The molecule has 1 N–H and O–H groups in total. The Hall–Kier alpha value is -3.74. The first-order valence-electron chi connectivity index (χ1n) is 7.93. The van der Waals surface area contributed by atoms with E-state index in [0.717, 1.165) is 11.1 Å². The molecule has 0 saturated heterocycles. The van der Waals surface area contributed by atoms with Gasteiger partial charge in [0.25, 0.3) is 5.91 Å². The van der Waals surface area contributed by atoms with E-state index in [2.05, 4.69) is 20.6 Å². The molecule has 4 aromatic rings. The lowest BCUT2D eigenvalue weighted by Gasteiger charge is -2.03. The van der Waals surface area contributed by atoms with Crippen LogP contribution in [0, 0.1) is 6.92 Å². The maximum absolute atomic E-state index is 12.4. The minimum Gasteiger partial charge on any atom is -0.355 e. The van der Waals surface area contributed by atoms with Crippen LogP contribution in [0.4, 0.5) is 5.69 Å². The van der Waals surface area contributed by atoms with Crippen LogP contribution in [0.2, 0.25) is 0 Å². The lowest BCUT2D eigenvalue weighted by atomic mass is 10.1. The molecule has 0 radical (unpaired) electrons. The molecule has 0 saturated carbocycles. The number of benzene rings is 2. The number of carbonyl (C=O) groups excluding carboxylic acids is 1. The van der Waals surface area contributed by atoms with E-state index in [4.69, 9.17) is 9.05 Å². The predicted octanol–water partition coefficient (Wildman–Crippen LogP) is 3.95. The van der Waals surface area contributed by atoms with Crippen molar-refractivity contribution in [2.75, 3.05) is 5.32 Å². The zero-order valence-corrected chi connectivity index (χ0v) is 13.8. The van der Waals surface area contributed by atoms with Gasteiger partial charge in [-0.25, -0.2) is 0 Å². The van der Waals surface area contributed by atoms with Crippen molar-refractivity contribution in [2.24, 2.45) is 0 Å². The molecule has 0 bridgehead atoms. The second-order valence-electron chi connectivity index (χ2n) is 5.61. The number of nitrogens with one attached hydrogen (secondary N) is 1. The Kier molecular flexibility index (Phi) is 4.03. The van der Waals surface area contributed by atoms with E-state index in [1.807, 2.05) is 36.4 Å². The zero-order valence-electron chi connectivity index (χ0n) is 13.8. The van der Waals surface area contributed by atoms with E-state index in [0.29, 0.717) is 23.2 Å². The number of anilines is 1. The number of amides is 1. The van der Waals surface area contributed by atoms with Gasteiger partial charge in [0.05, 0.1) is 0 Å². The minimum atomic E-state index is -0.364. The molecule has 0 aliphatic carbocycles. The average Bonchev–Trinajstić information content (AvgIpc) is 3.32. The van der Waals surface area contributed by atoms with E-state index < -0.39 is 0 Å². The number of rotatable bonds is 4. The topological polar surface area (TPSA) is 94.1 Å². The molecule has 0 unspecified atom stereocenters. The normalized spacial score (nSPS) is 10.7. The van der Waals surface area contributed by atoms with Gasteiger partial charge in [0, 0.05) is 29.8 Å². The molecule has 2 heterocycles. The summed E-state index contributed by atoms with van der Waals surface area (Å²) in [4.78, 5) is 16.6. The molecule has 1 amide bonds. The summed E-state index contributed by atoms with van der Waals surface area (Å²) in [5, 5.41) is 10.5. The summed E-state index contributed by atoms with van der Waals surface area (Å²) in [6, 6.07) is 18.2. The largest absolute Gasteiger partial charge is 0.355 e. The summed E-state index contributed by atoms with van der Waals surface area (Å²) < 4.78 is 10.2. The number of carbonyl (C=O) groups is 1. The van der Waals surface area contributed by atoms with Crippen LogP contribution in [0.1, 0.15) is 16.4 Å². The first-order valence-corrected chi connectivity index (χ1v) is 7.93. The highest BCUT2D eigenvalue weighted by Gasteiger charge is 2.14. The Morgan fingerprint density at radius 3 is 2.50 bits per heavy atom. The van der Waals surface area contributed by atoms with Crippen molar-refractivity contribution in [3.63, 3.8) is 0 Å². The SMILES string of the molecule is Cc1nc(-c2cccc(NC(=O)c3cc(-c4ccccc4)on3)c2)no1. The maximum Gasteiger partial charge on any atom is 0.277 e. The Labute approximate surface area is 148 Å². The quantitative estimate of drug-likeness (QED) is 0.601. The smallest absolute Gasteiger partial charge is 0.277 e. The lowest BCUT2D eigenvalue weighted by Crippen LogP contribution is -2.12. The molecule has 2 aromatic heterocycles. The first-order chi connectivity index (χ1) is 12.7. The Morgan fingerprint density at radius 2 is 1.73 bits per heavy atom. The van der Waals surface area contributed by atoms with Crippen molar-refractivity contribution in [1.82, 2.24) is 15.3 Å². The van der Waals surface area contributed by atoms with Gasteiger partial charge >= 0.3 is 0 Å². The molecule has 7 heteroatoms.